The van der Waals surface area contributed by atoms with E-state index >= 15 is 0 Å². The van der Waals surface area contributed by atoms with Crippen molar-refractivity contribution in [3.63, 3.8) is 0 Å². The Morgan fingerprint density at radius 2 is 1.88 bits per heavy atom. The molecule has 0 spiro atoms. The summed E-state index contributed by atoms with van der Waals surface area (Å²) in [6.07, 6.45) is 3.73. The van der Waals surface area contributed by atoms with E-state index in [1.807, 2.05) is 36.4 Å². The van der Waals surface area contributed by atoms with Crippen molar-refractivity contribution >= 4 is 0 Å². The van der Waals surface area contributed by atoms with Gasteiger partial charge in [0.1, 0.15) is 5.82 Å². The van der Waals surface area contributed by atoms with Crippen molar-refractivity contribution in [2.45, 2.75) is 51.2 Å². The molecule has 0 saturated carbocycles. The van der Waals surface area contributed by atoms with Crippen molar-refractivity contribution in [1.82, 2.24) is 0 Å². The summed E-state index contributed by atoms with van der Waals surface area (Å²) in [7, 11) is 0. The first-order valence-electron chi connectivity index (χ1n) is 9.26. The second kappa shape index (κ2) is 8.11. The first kappa shape index (κ1) is 18.1. The molecule has 3 N–H and O–H groups in total. The highest BCUT2D eigenvalue weighted by molar-refractivity contribution is 5.30. The van der Waals surface area contributed by atoms with Gasteiger partial charge in [0.05, 0.1) is 6.10 Å². The van der Waals surface area contributed by atoms with E-state index < -0.39 is 6.10 Å². The van der Waals surface area contributed by atoms with E-state index in [1.54, 1.807) is 12.1 Å². The highest BCUT2D eigenvalue weighted by Gasteiger charge is 2.26. The Kier molecular flexibility index (Phi) is 5.87. The fourth-order valence-corrected chi connectivity index (χ4v) is 4.12. The highest BCUT2D eigenvalue weighted by atomic mass is 19.1. The van der Waals surface area contributed by atoms with Gasteiger partial charge in [-0.25, -0.2) is 4.39 Å². The summed E-state index contributed by atoms with van der Waals surface area (Å²) in [5, 5.41) is 10.6. The first-order chi connectivity index (χ1) is 12.0. The minimum atomic E-state index is -0.514. The Morgan fingerprint density at radius 1 is 1.12 bits per heavy atom. The van der Waals surface area contributed by atoms with Gasteiger partial charge >= 0.3 is 0 Å². The summed E-state index contributed by atoms with van der Waals surface area (Å²) in [6, 6.07) is 14.9. The number of nitrogens with two attached hydrogens (primary N) is 1. The molecule has 0 radical (unpaired) electrons. The van der Waals surface area contributed by atoms with Crippen LogP contribution in [0.3, 0.4) is 0 Å². The summed E-state index contributed by atoms with van der Waals surface area (Å²) in [5.41, 5.74) is 9.76. The van der Waals surface area contributed by atoms with Crippen LogP contribution in [0.1, 0.15) is 36.5 Å². The van der Waals surface area contributed by atoms with Gasteiger partial charge in [0.25, 0.3) is 0 Å². The average molecular weight is 341 g/mol. The van der Waals surface area contributed by atoms with E-state index in [9.17, 15) is 9.50 Å². The molecule has 0 aromatic heterocycles. The average Bonchev–Trinajstić information content (AvgIpc) is 2.72. The van der Waals surface area contributed by atoms with Gasteiger partial charge < -0.3 is 10.8 Å². The van der Waals surface area contributed by atoms with E-state index in [-0.39, 0.29) is 11.9 Å². The van der Waals surface area contributed by atoms with Crippen LogP contribution < -0.4 is 5.73 Å². The number of aliphatic hydroxyl groups is 1. The Balaban J connectivity index is 1.64. The molecule has 25 heavy (non-hydrogen) atoms. The van der Waals surface area contributed by atoms with E-state index in [2.05, 4.69) is 6.92 Å². The number of rotatable bonds is 5. The van der Waals surface area contributed by atoms with Gasteiger partial charge in [-0.2, -0.15) is 0 Å². The van der Waals surface area contributed by atoms with Crippen molar-refractivity contribution < 1.29 is 9.50 Å². The molecule has 2 aromatic rings. The number of fused-ring (bicyclic) bond motifs is 1. The van der Waals surface area contributed by atoms with Gasteiger partial charge in [-0.05, 0) is 72.8 Å². The van der Waals surface area contributed by atoms with E-state index in [1.165, 1.54) is 5.56 Å². The zero-order valence-electron chi connectivity index (χ0n) is 14.9. The molecule has 1 unspecified atom stereocenters. The molecule has 3 rings (SSSR count). The van der Waals surface area contributed by atoms with Crippen LogP contribution in [0.4, 0.5) is 4.39 Å². The second-order valence-electron chi connectivity index (χ2n) is 7.68. The maximum Gasteiger partial charge on any atom is 0.123 e. The monoisotopic (exact) mass is 341 g/mol. The van der Waals surface area contributed by atoms with Crippen molar-refractivity contribution in [3.8, 4) is 0 Å². The van der Waals surface area contributed by atoms with Crippen LogP contribution in [-0.2, 0) is 19.3 Å². The molecule has 1 aliphatic carbocycles. The lowest BCUT2D eigenvalue weighted by Gasteiger charge is -2.25. The summed E-state index contributed by atoms with van der Waals surface area (Å²) < 4.78 is 13.5. The molecule has 2 aromatic carbocycles. The lowest BCUT2D eigenvalue weighted by atomic mass is 9.86. The fraction of sp³-hybridized carbons (Fsp3) is 0.455. The summed E-state index contributed by atoms with van der Waals surface area (Å²) in [5.74, 6) is 0.721. The normalized spacial score (nSPS) is 22.7. The molecule has 0 amide bonds. The van der Waals surface area contributed by atoms with Crippen LogP contribution in [0.5, 0.6) is 0 Å². The Morgan fingerprint density at radius 3 is 2.64 bits per heavy atom. The Hall–Kier alpha value is -1.71. The summed E-state index contributed by atoms with van der Waals surface area (Å²) >= 11 is 0. The molecule has 0 fully saturated rings. The third-order valence-electron chi connectivity index (χ3n) is 5.36. The molecule has 134 valence electrons. The predicted molar refractivity (Wildman–Crippen MR) is 99.8 cm³/mol. The van der Waals surface area contributed by atoms with Crippen LogP contribution in [0, 0.1) is 17.7 Å². The fourth-order valence-electron chi connectivity index (χ4n) is 4.12. The van der Waals surface area contributed by atoms with Crippen LogP contribution in [0.25, 0.3) is 0 Å². The molecule has 0 aliphatic heterocycles. The maximum absolute atomic E-state index is 13.5. The SMILES string of the molecule is C[C@H]1Cc2cc(F)ccc2CC(C[C@@H](O)[C@@H](N)Cc2ccccc2)C1. The second-order valence-corrected chi connectivity index (χ2v) is 7.68. The molecular weight excluding hydrogens is 313 g/mol. The summed E-state index contributed by atoms with van der Waals surface area (Å²) in [4.78, 5) is 0. The highest BCUT2D eigenvalue weighted by Crippen LogP contribution is 2.31. The summed E-state index contributed by atoms with van der Waals surface area (Å²) in [6.45, 7) is 2.21. The van der Waals surface area contributed by atoms with Crippen LogP contribution in [-0.4, -0.2) is 17.3 Å². The van der Waals surface area contributed by atoms with Gasteiger partial charge in [0, 0.05) is 6.04 Å². The standard InChI is InChI=1S/C22H28FNO/c1-15-9-17(11-18-7-8-20(23)14-19(18)10-15)13-22(25)21(24)12-16-5-3-2-4-6-16/h2-8,14-15,17,21-22,25H,9-13,24H2,1H3/t15-,17?,21+,22-/m1/s1. The largest absolute Gasteiger partial charge is 0.391 e. The molecule has 3 heteroatoms. The topological polar surface area (TPSA) is 46.2 Å². The lowest BCUT2D eigenvalue weighted by Crippen LogP contribution is -2.38. The molecule has 2 nitrogen and oxygen atoms in total. The van der Waals surface area contributed by atoms with Crippen molar-refractivity contribution in [3.05, 3.63) is 71.0 Å². The lowest BCUT2D eigenvalue weighted by molar-refractivity contribution is 0.109. The predicted octanol–water partition coefficient (Wildman–Crippen LogP) is 3.89. The number of halogens is 1. The molecule has 4 atom stereocenters. The van der Waals surface area contributed by atoms with Gasteiger partial charge in [-0.3, -0.25) is 0 Å². The minimum Gasteiger partial charge on any atom is -0.391 e. The number of benzene rings is 2. The minimum absolute atomic E-state index is 0.158. The van der Waals surface area contributed by atoms with E-state index in [4.69, 9.17) is 5.73 Å². The van der Waals surface area contributed by atoms with E-state index in [0.29, 0.717) is 24.7 Å². The van der Waals surface area contributed by atoms with E-state index in [0.717, 1.165) is 30.4 Å². The number of hydrogen-bond donors (Lipinski definition) is 2. The number of aliphatic hydroxyl groups excluding tert-OH is 1. The van der Waals surface area contributed by atoms with Crippen molar-refractivity contribution in [2.75, 3.05) is 0 Å². The molecule has 1 aliphatic rings. The van der Waals surface area contributed by atoms with Crippen LogP contribution in [0.2, 0.25) is 0 Å². The Labute approximate surface area is 149 Å². The Bertz CT molecular complexity index is 688. The molecule has 0 heterocycles. The first-order valence-corrected chi connectivity index (χ1v) is 9.26. The van der Waals surface area contributed by atoms with Gasteiger partial charge in [-0.1, -0.05) is 43.3 Å². The molecule has 0 bridgehead atoms. The van der Waals surface area contributed by atoms with Gasteiger partial charge in [0.15, 0.2) is 0 Å². The third kappa shape index (κ3) is 4.90. The third-order valence-corrected chi connectivity index (χ3v) is 5.36. The number of hydrogen-bond acceptors (Lipinski definition) is 2. The van der Waals surface area contributed by atoms with Crippen molar-refractivity contribution in [2.24, 2.45) is 17.6 Å². The molecular formula is C22H28FNO. The molecule has 0 saturated heterocycles. The van der Waals surface area contributed by atoms with Gasteiger partial charge in [0.2, 0.25) is 0 Å². The van der Waals surface area contributed by atoms with Crippen LogP contribution >= 0.6 is 0 Å². The zero-order valence-corrected chi connectivity index (χ0v) is 14.9. The zero-order chi connectivity index (χ0) is 17.8. The smallest absolute Gasteiger partial charge is 0.123 e. The quantitative estimate of drug-likeness (QED) is 0.811. The van der Waals surface area contributed by atoms with Crippen LogP contribution in [0.15, 0.2) is 48.5 Å². The van der Waals surface area contributed by atoms with Gasteiger partial charge in [-0.15, -0.1) is 0 Å². The van der Waals surface area contributed by atoms with Crippen molar-refractivity contribution in [1.29, 1.82) is 0 Å². The maximum atomic E-state index is 13.5.